The monoisotopic (exact) mass is 353 g/mol. The number of fused-ring (bicyclic) bond motifs is 2. The van der Waals surface area contributed by atoms with E-state index in [-0.39, 0.29) is 22.8 Å². The Labute approximate surface area is 152 Å². The average molecular weight is 353 g/mol. The molecule has 0 radical (unpaired) electrons. The molecular formula is C21H23NO4. The summed E-state index contributed by atoms with van der Waals surface area (Å²) in [5, 5.41) is 19.1. The van der Waals surface area contributed by atoms with Crippen LogP contribution in [0.2, 0.25) is 0 Å². The summed E-state index contributed by atoms with van der Waals surface area (Å²) >= 11 is 0. The number of piperidine rings is 1. The minimum absolute atomic E-state index is 0.00557. The van der Waals surface area contributed by atoms with Gasteiger partial charge in [-0.25, -0.2) is 0 Å². The van der Waals surface area contributed by atoms with Crippen molar-refractivity contribution in [1.29, 1.82) is 0 Å². The van der Waals surface area contributed by atoms with Crippen LogP contribution >= 0.6 is 0 Å². The summed E-state index contributed by atoms with van der Waals surface area (Å²) in [6.45, 7) is 4.13. The molecule has 1 amide bonds. The maximum atomic E-state index is 12.7. The highest BCUT2D eigenvalue weighted by Crippen LogP contribution is 2.46. The van der Waals surface area contributed by atoms with E-state index in [1.165, 1.54) is 23.3 Å². The second kappa shape index (κ2) is 6.24. The van der Waals surface area contributed by atoms with Gasteiger partial charge in [-0.3, -0.25) is 4.79 Å². The number of aryl methyl sites for hydroxylation is 1. The predicted molar refractivity (Wildman–Crippen MR) is 97.9 cm³/mol. The summed E-state index contributed by atoms with van der Waals surface area (Å²) in [6.07, 6.45) is 2.73. The molecule has 26 heavy (non-hydrogen) atoms. The van der Waals surface area contributed by atoms with Gasteiger partial charge in [-0.1, -0.05) is 19.1 Å². The number of phenolic OH excluding ortho intramolecular Hbond substituents is 2. The van der Waals surface area contributed by atoms with Gasteiger partial charge in [0, 0.05) is 29.6 Å². The van der Waals surface area contributed by atoms with Crippen LogP contribution in [0.4, 0.5) is 0 Å². The molecule has 2 N–H and O–H groups in total. The van der Waals surface area contributed by atoms with E-state index in [2.05, 4.69) is 25.1 Å². The van der Waals surface area contributed by atoms with Crippen LogP contribution in [0.15, 0.2) is 36.4 Å². The molecule has 2 aliphatic rings. The van der Waals surface area contributed by atoms with Crippen LogP contribution < -0.4 is 4.74 Å². The zero-order valence-electron chi connectivity index (χ0n) is 14.9. The molecule has 2 heterocycles. The maximum absolute atomic E-state index is 12.7. The van der Waals surface area contributed by atoms with Crippen molar-refractivity contribution >= 4 is 5.91 Å². The quantitative estimate of drug-likeness (QED) is 0.814. The van der Waals surface area contributed by atoms with E-state index in [9.17, 15) is 15.0 Å². The summed E-state index contributed by atoms with van der Waals surface area (Å²) in [7, 11) is 0. The minimum Gasteiger partial charge on any atom is -0.504 e. The first kappa shape index (κ1) is 16.8. The molecule has 1 fully saturated rings. The fourth-order valence-corrected chi connectivity index (χ4v) is 4.02. The number of carbonyl (C=O) groups excluding carboxylic acids is 1. The molecule has 2 aromatic rings. The van der Waals surface area contributed by atoms with E-state index in [1.54, 1.807) is 6.07 Å². The lowest BCUT2D eigenvalue weighted by Gasteiger charge is -2.38. The van der Waals surface area contributed by atoms with Crippen LogP contribution in [0.25, 0.3) is 0 Å². The highest BCUT2D eigenvalue weighted by molar-refractivity contribution is 5.95. The second-order valence-corrected chi connectivity index (χ2v) is 7.25. The highest BCUT2D eigenvalue weighted by Gasteiger charge is 2.43. The third kappa shape index (κ3) is 2.68. The van der Waals surface area contributed by atoms with E-state index >= 15 is 0 Å². The molecule has 2 aromatic carbocycles. The Bertz CT molecular complexity index is 853. The normalized spacial score (nSPS) is 17.8. The van der Waals surface area contributed by atoms with Gasteiger partial charge in [0.1, 0.15) is 5.75 Å². The van der Waals surface area contributed by atoms with Crippen LogP contribution in [-0.4, -0.2) is 40.7 Å². The predicted octanol–water partition coefficient (Wildman–Crippen LogP) is 3.23. The van der Waals surface area contributed by atoms with E-state index in [0.717, 1.165) is 25.0 Å². The van der Waals surface area contributed by atoms with Gasteiger partial charge in [0.05, 0.1) is 6.61 Å². The summed E-state index contributed by atoms with van der Waals surface area (Å²) in [4.78, 5) is 14.5. The number of amides is 1. The Morgan fingerprint density at radius 1 is 1.12 bits per heavy atom. The molecule has 0 saturated carbocycles. The summed E-state index contributed by atoms with van der Waals surface area (Å²) < 4.78 is 5.94. The van der Waals surface area contributed by atoms with Crippen molar-refractivity contribution in [3.05, 3.63) is 53.1 Å². The molecular weight excluding hydrogens is 330 g/mol. The molecule has 0 atom stereocenters. The van der Waals surface area contributed by atoms with E-state index < -0.39 is 0 Å². The SMILES string of the molecule is CCc1ccc2c(c1)C1(CCN(C(=O)c3ccc(O)c(O)c3)CC1)CO2. The van der Waals surface area contributed by atoms with Crippen molar-refractivity contribution in [3.8, 4) is 17.2 Å². The van der Waals surface area contributed by atoms with Crippen LogP contribution in [0, 0.1) is 0 Å². The van der Waals surface area contributed by atoms with Crippen molar-refractivity contribution in [2.75, 3.05) is 19.7 Å². The average Bonchev–Trinajstić information content (AvgIpc) is 3.01. The molecule has 0 aliphatic carbocycles. The van der Waals surface area contributed by atoms with Gasteiger partial charge >= 0.3 is 0 Å². The Balaban J connectivity index is 1.52. The van der Waals surface area contributed by atoms with Crippen molar-refractivity contribution in [2.24, 2.45) is 0 Å². The molecule has 4 rings (SSSR count). The first-order valence-electron chi connectivity index (χ1n) is 9.10. The molecule has 0 bridgehead atoms. The fraction of sp³-hybridized carbons (Fsp3) is 0.381. The maximum Gasteiger partial charge on any atom is 0.253 e. The molecule has 0 aromatic heterocycles. The van der Waals surface area contributed by atoms with Crippen LogP contribution in [0.3, 0.4) is 0 Å². The van der Waals surface area contributed by atoms with Gasteiger partial charge in [0.15, 0.2) is 11.5 Å². The number of likely N-dealkylation sites (tertiary alicyclic amines) is 1. The Kier molecular flexibility index (Phi) is 4.02. The lowest BCUT2D eigenvalue weighted by Crippen LogP contribution is -2.46. The molecule has 136 valence electrons. The minimum atomic E-state index is -0.269. The van der Waals surface area contributed by atoms with Gasteiger partial charge in [-0.2, -0.15) is 0 Å². The summed E-state index contributed by atoms with van der Waals surface area (Å²) in [5.74, 6) is 0.377. The van der Waals surface area contributed by atoms with Gasteiger partial charge < -0.3 is 19.8 Å². The first-order valence-corrected chi connectivity index (χ1v) is 9.10. The first-order chi connectivity index (χ1) is 12.5. The third-order valence-corrected chi connectivity index (χ3v) is 5.76. The lowest BCUT2D eigenvalue weighted by molar-refractivity contribution is 0.0646. The number of phenols is 2. The largest absolute Gasteiger partial charge is 0.504 e. The number of benzene rings is 2. The number of nitrogens with zero attached hydrogens (tertiary/aromatic N) is 1. The standard InChI is InChI=1S/C21H23NO4/c1-2-14-3-6-19-16(11-14)21(13-26-19)7-9-22(10-8-21)20(25)15-4-5-17(23)18(24)12-15/h3-6,11-12,23-24H,2,7-10,13H2,1H3. The van der Waals surface area contributed by atoms with E-state index in [0.29, 0.717) is 25.3 Å². The van der Waals surface area contributed by atoms with Gasteiger partial charge in [0.25, 0.3) is 5.91 Å². The molecule has 1 spiro atoms. The number of ether oxygens (including phenoxy) is 1. The molecule has 0 unspecified atom stereocenters. The fourth-order valence-electron chi connectivity index (χ4n) is 4.02. The number of aromatic hydroxyl groups is 2. The van der Waals surface area contributed by atoms with Crippen LogP contribution in [0.5, 0.6) is 17.2 Å². The molecule has 5 nitrogen and oxygen atoms in total. The summed E-state index contributed by atoms with van der Waals surface area (Å²) in [6, 6.07) is 10.7. The summed E-state index contributed by atoms with van der Waals surface area (Å²) in [5.41, 5.74) is 2.99. The van der Waals surface area contributed by atoms with Gasteiger partial charge in [0.2, 0.25) is 0 Å². The van der Waals surface area contributed by atoms with Crippen molar-refractivity contribution in [2.45, 2.75) is 31.6 Å². The molecule has 1 saturated heterocycles. The number of hydrogen-bond acceptors (Lipinski definition) is 4. The van der Waals surface area contributed by atoms with E-state index in [1.807, 2.05) is 4.90 Å². The Morgan fingerprint density at radius 2 is 1.88 bits per heavy atom. The number of hydrogen-bond donors (Lipinski definition) is 2. The Morgan fingerprint density at radius 3 is 2.58 bits per heavy atom. The number of rotatable bonds is 2. The lowest BCUT2D eigenvalue weighted by atomic mass is 9.74. The van der Waals surface area contributed by atoms with Crippen molar-refractivity contribution in [1.82, 2.24) is 4.90 Å². The second-order valence-electron chi connectivity index (χ2n) is 7.25. The topological polar surface area (TPSA) is 70.0 Å². The van der Waals surface area contributed by atoms with Gasteiger partial charge in [-0.05, 0) is 49.1 Å². The van der Waals surface area contributed by atoms with Crippen LogP contribution in [-0.2, 0) is 11.8 Å². The smallest absolute Gasteiger partial charge is 0.253 e. The van der Waals surface area contributed by atoms with Crippen molar-refractivity contribution < 1.29 is 19.7 Å². The molecule has 5 heteroatoms. The Hall–Kier alpha value is -2.69. The molecule has 2 aliphatic heterocycles. The van der Waals surface area contributed by atoms with Crippen molar-refractivity contribution in [3.63, 3.8) is 0 Å². The van der Waals surface area contributed by atoms with Gasteiger partial charge in [-0.15, -0.1) is 0 Å². The number of carbonyl (C=O) groups is 1. The van der Waals surface area contributed by atoms with Crippen LogP contribution in [0.1, 0.15) is 41.3 Å². The third-order valence-electron chi connectivity index (χ3n) is 5.76. The zero-order valence-corrected chi connectivity index (χ0v) is 14.9. The van der Waals surface area contributed by atoms with E-state index in [4.69, 9.17) is 4.74 Å². The zero-order chi connectivity index (χ0) is 18.3. The highest BCUT2D eigenvalue weighted by atomic mass is 16.5.